The molecule has 0 aliphatic heterocycles. The van der Waals surface area contributed by atoms with Gasteiger partial charge in [0.1, 0.15) is 6.61 Å². The summed E-state index contributed by atoms with van der Waals surface area (Å²) >= 11 is 0. The van der Waals surface area contributed by atoms with Gasteiger partial charge in [0.25, 0.3) is 6.43 Å². The summed E-state index contributed by atoms with van der Waals surface area (Å²) in [7, 11) is 0. The van der Waals surface area contributed by atoms with Crippen molar-refractivity contribution in [2.24, 2.45) is 0 Å². The van der Waals surface area contributed by atoms with Crippen LogP contribution in [0.4, 0.5) is 8.78 Å². The van der Waals surface area contributed by atoms with Crippen molar-refractivity contribution in [3.63, 3.8) is 0 Å². The largest absolute Gasteiger partial charge is 0.374 e. The average Bonchev–Trinajstić information content (AvgIpc) is 2.21. The summed E-state index contributed by atoms with van der Waals surface area (Å²) in [6.45, 7) is 5.27. The van der Waals surface area contributed by atoms with Gasteiger partial charge in [0, 0.05) is 13.1 Å². The van der Waals surface area contributed by atoms with Crippen LogP contribution in [0.2, 0.25) is 0 Å². The quantitative estimate of drug-likeness (QED) is 0.743. The van der Waals surface area contributed by atoms with Crippen LogP contribution in [0, 0.1) is 13.8 Å². The van der Waals surface area contributed by atoms with Crippen LogP contribution < -0.4 is 5.32 Å². The lowest BCUT2D eigenvalue weighted by Gasteiger charge is -2.07. The molecule has 1 aromatic carbocycles. The van der Waals surface area contributed by atoms with Crippen LogP contribution in [0.25, 0.3) is 0 Å². The Morgan fingerprint density at radius 1 is 1.18 bits per heavy atom. The Labute approximate surface area is 101 Å². The fraction of sp³-hybridized carbons (Fsp3) is 0.538. The molecule has 0 saturated carbocycles. The van der Waals surface area contributed by atoms with Crippen LogP contribution in [0.15, 0.2) is 18.2 Å². The van der Waals surface area contributed by atoms with Gasteiger partial charge in [-0.3, -0.25) is 0 Å². The topological polar surface area (TPSA) is 21.3 Å². The third kappa shape index (κ3) is 6.34. The molecule has 0 aromatic heterocycles. The van der Waals surface area contributed by atoms with Gasteiger partial charge in [-0.15, -0.1) is 0 Å². The van der Waals surface area contributed by atoms with Crippen LogP contribution in [-0.2, 0) is 11.3 Å². The lowest BCUT2D eigenvalue weighted by Crippen LogP contribution is -2.20. The zero-order valence-electron chi connectivity index (χ0n) is 10.3. The maximum absolute atomic E-state index is 11.8. The zero-order chi connectivity index (χ0) is 12.7. The van der Waals surface area contributed by atoms with E-state index in [1.54, 1.807) is 0 Å². The number of hydrogen-bond donors (Lipinski definition) is 1. The SMILES string of the molecule is Cc1cc(C)cc(CNCCOCC(F)F)c1. The highest BCUT2D eigenvalue weighted by atomic mass is 19.3. The van der Waals surface area contributed by atoms with Gasteiger partial charge in [0.2, 0.25) is 0 Å². The Kier molecular flexibility index (Phi) is 6.08. The Bertz CT molecular complexity index is 322. The monoisotopic (exact) mass is 243 g/mol. The van der Waals surface area contributed by atoms with Gasteiger partial charge in [0.15, 0.2) is 0 Å². The molecular formula is C13H19F2NO. The lowest BCUT2D eigenvalue weighted by atomic mass is 10.1. The van der Waals surface area contributed by atoms with E-state index < -0.39 is 13.0 Å². The maximum atomic E-state index is 11.8. The minimum atomic E-state index is -2.38. The summed E-state index contributed by atoms with van der Waals surface area (Å²) in [5.41, 5.74) is 3.67. The Morgan fingerprint density at radius 3 is 2.41 bits per heavy atom. The molecule has 17 heavy (non-hydrogen) atoms. The zero-order valence-corrected chi connectivity index (χ0v) is 10.3. The third-order valence-corrected chi connectivity index (χ3v) is 2.28. The van der Waals surface area contributed by atoms with Gasteiger partial charge in [-0.25, -0.2) is 8.78 Å². The highest BCUT2D eigenvalue weighted by Gasteiger charge is 2.01. The number of aryl methyl sites for hydroxylation is 2. The molecule has 0 aliphatic rings. The third-order valence-electron chi connectivity index (χ3n) is 2.28. The predicted molar refractivity (Wildman–Crippen MR) is 64.4 cm³/mol. The van der Waals surface area contributed by atoms with Crippen molar-refractivity contribution in [3.8, 4) is 0 Å². The summed E-state index contributed by atoms with van der Waals surface area (Å²) in [4.78, 5) is 0. The maximum Gasteiger partial charge on any atom is 0.261 e. The fourth-order valence-electron chi connectivity index (χ4n) is 1.72. The van der Waals surface area contributed by atoms with Crippen LogP contribution >= 0.6 is 0 Å². The number of halogens is 2. The first-order valence-electron chi connectivity index (χ1n) is 5.71. The van der Waals surface area contributed by atoms with E-state index in [1.165, 1.54) is 16.7 Å². The second-order valence-electron chi connectivity index (χ2n) is 4.14. The molecule has 2 nitrogen and oxygen atoms in total. The van der Waals surface area contributed by atoms with Gasteiger partial charge < -0.3 is 10.1 Å². The smallest absolute Gasteiger partial charge is 0.261 e. The van der Waals surface area contributed by atoms with Crippen molar-refractivity contribution >= 4 is 0 Å². The molecule has 0 aliphatic carbocycles. The van der Waals surface area contributed by atoms with E-state index in [0.717, 1.165) is 6.54 Å². The van der Waals surface area contributed by atoms with Crippen molar-refractivity contribution in [1.82, 2.24) is 5.32 Å². The van der Waals surface area contributed by atoms with Gasteiger partial charge in [-0.2, -0.15) is 0 Å². The average molecular weight is 243 g/mol. The summed E-state index contributed by atoms with van der Waals surface area (Å²) in [5, 5.41) is 3.16. The second-order valence-corrected chi connectivity index (χ2v) is 4.14. The first-order chi connectivity index (χ1) is 8.08. The molecule has 0 saturated heterocycles. The molecule has 0 heterocycles. The minimum absolute atomic E-state index is 0.315. The van der Waals surface area contributed by atoms with Crippen LogP contribution in [0.3, 0.4) is 0 Å². The van der Waals surface area contributed by atoms with Gasteiger partial charge in [-0.1, -0.05) is 29.3 Å². The highest BCUT2D eigenvalue weighted by molar-refractivity contribution is 5.28. The Balaban J connectivity index is 2.18. The lowest BCUT2D eigenvalue weighted by molar-refractivity contribution is 0.0187. The molecular weight excluding hydrogens is 224 g/mol. The number of hydrogen-bond acceptors (Lipinski definition) is 2. The first-order valence-corrected chi connectivity index (χ1v) is 5.71. The Hall–Kier alpha value is -1.00. The minimum Gasteiger partial charge on any atom is -0.374 e. The Morgan fingerprint density at radius 2 is 1.82 bits per heavy atom. The molecule has 0 unspecified atom stereocenters. The molecule has 1 N–H and O–H groups in total. The van der Waals surface area contributed by atoms with Crippen molar-refractivity contribution < 1.29 is 13.5 Å². The van der Waals surface area contributed by atoms with Crippen LogP contribution in [0.5, 0.6) is 0 Å². The summed E-state index contributed by atoms with van der Waals surface area (Å²) in [6, 6.07) is 6.34. The summed E-state index contributed by atoms with van der Waals surface area (Å²) < 4.78 is 28.3. The van der Waals surface area contributed by atoms with E-state index in [2.05, 4.69) is 37.4 Å². The molecule has 0 bridgehead atoms. The predicted octanol–water partition coefficient (Wildman–Crippen LogP) is 2.67. The van der Waals surface area contributed by atoms with Crippen molar-refractivity contribution in [1.29, 1.82) is 0 Å². The van der Waals surface area contributed by atoms with E-state index in [1.807, 2.05) is 0 Å². The van der Waals surface area contributed by atoms with Gasteiger partial charge in [0.05, 0.1) is 6.61 Å². The molecule has 0 fully saturated rings. The summed E-state index contributed by atoms with van der Waals surface area (Å²) in [6.07, 6.45) is -2.38. The first kappa shape index (κ1) is 14.1. The molecule has 0 spiro atoms. The van der Waals surface area contributed by atoms with Crippen molar-refractivity contribution in [2.45, 2.75) is 26.8 Å². The normalized spacial score (nSPS) is 11.1. The number of rotatable bonds is 7. The number of nitrogens with one attached hydrogen (secondary N) is 1. The second kappa shape index (κ2) is 7.35. The number of ether oxygens (including phenoxy) is 1. The molecule has 0 atom stereocenters. The molecule has 0 amide bonds. The van der Waals surface area contributed by atoms with E-state index in [9.17, 15) is 8.78 Å². The van der Waals surface area contributed by atoms with Crippen molar-refractivity contribution in [2.75, 3.05) is 19.8 Å². The molecule has 4 heteroatoms. The number of alkyl halides is 2. The van der Waals surface area contributed by atoms with E-state index in [4.69, 9.17) is 4.74 Å². The van der Waals surface area contributed by atoms with E-state index in [-0.39, 0.29) is 0 Å². The van der Waals surface area contributed by atoms with Gasteiger partial charge >= 0.3 is 0 Å². The molecule has 0 radical (unpaired) electrons. The molecule has 96 valence electrons. The summed E-state index contributed by atoms with van der Waals surface area (Å²) in [5.74, 6) is 0. The number of benzene rings is 1. The van der Waals surface area contributed by atoms with Crippen molar-refractivity contribution in [3.05, 3.63) is 34.9 Å². The molecule has 1 rings (SSSR count). The molecule has 1 aromatic rings. The van der Waals surface area contributed by atoms with Crippen LogP contribution in [-0.4, -0.2) is 26.2 Å². The van der Waals surface area contributed by atoms with E-state index >= 15 is 0 Å². The highest BCUT2D eigenvalue weighted by Crippen LogP contribution is 2.08. The fourth-order valence-corrected chi connectivity index (χ4v) is 1.72. The standard InChI is InChI=1S/C13H19F2NO/c1-10-5-11(2)7-12(6-10)8-16-3-4-17-9-13(14)15/h5-7,13,16H,3-4,8-9H2,1-2H3. The van der Waals surface area contributed by atoms with Crippen LogP contribution in [0.1, 0.15) is 16.7 Å². The van der Waals surface area contributed by atoms with E-state index in [0.29, 0.717) is 13.2 Å². The van der Waals surface area contributed by atoms with Gasteiger partial charge in [-0.05, 0) is 19.4 Å².